The third kappa shape index (κ3) is 8.18. The number of aliphatic hydroxyl groups excluding tert-OH is 1. The maximum absolute atomic E-state index is 14.4. The molecule has 0 aliphatic heterocycles. The van der Waals surface area contributed by atoms with Crippen molar-refractivity contribution in [3.8, 4) is 17.2 Å². The van der Waals surface area contributed by atoms with E-state index < -0.39 is 55.1 Å². The summed E-state index contributed by atoms with van der Waals surface area (Å²) in [5.74, 6) is -1.16. The molecule has 0 fully saturated rings. The summed E-state index contributed by atoms with van der Waals surface area (Å²) in [5.41, 5.74) is 0.600. The molecule has 0 aromatic heterocycles. The van der Waals surface area contributed by atoms with Crippen LogP contribution in [0.25, 0.3) is 0 Å². The monoisotopic (exact) mass is 554 g/mol. The molecule has 14 heteroatoms. The SMILES string of the molecule is O[C@H](CNN(Cc1cc(C(F)(F)F)ccc1F)c1cccc(Oc2cccc(OC(F)F)c2)c1)C(F)(F)F. The van der Waals surface area contributed by atoms with Crippen LogP contribution in [0.1, 0.15) is 11.1 Å². The van der Waals surface area contributed by atoms with E-state index in [2.05, 4.69) is 10.2 Å². The van der Waals surface area contributed by atoms with Crippen molar-refractivity contribution in [1.82, 2.24) is 5.43 Å². The fraction of sp³-hybridized carbons (Fsp3) is 0.250. The van der Waals surface area contributed by atoms with Crippen LogP contribution in [0.3, 0.4) is 0 Å². The minimum atomic E-state index is -5.00. The molecule has 0 heterocycles. The predicted molar refractivity (Wildman–Crippen MR) is 117 cm³/mol. The summed E-state index contributed by atoms with van der Waals surface area (Å²) in [5, 5.41) is 10.3. The quantitative estimate of drug-likeness (QED) is 0.217. The van der Waals surface area contributed by atoms with Crippen molar-refractivity contribution in [3.05, 3.63) is 83.7 Å². The molecule has 3 aromatic rings. The van der Waals surface area contributed by atoms with Crippen molar-refractivity contribution in [2.45, 2.75) is 31.6 Å². The average molecular weight is 554 g/mol. The summed E-state index contributed by atoms with van der Waals surface area (Å²) < 4.78 is 127. The van der Waals surface area contributed by atoms with Gasteiger partial charge in [-0.25, -0.2) is 9.82 Å². The van der Waals surface area contributed by atoms with Crippen molar-refractivity contribution in [2.24, 2.45) is 0 Å². The Balaban J connectivity index is 1.90. The van der Waals surface area contributed by atoms with Gasteiger partial charge in [0.2, 0.25) is 0 Å². The highest BCUT2D eigenvalue weighted by molar-refractivity contribution is 5.51. The number of aliphatic hydroxyl groups is 1. The molecule has 0 amide bonds. The molecule has 206 valence electrons. The van der Waals surface area contributed by atoms with Gasteiger partial charge in [0.25, 0.3) is 0 Å². The number of halogens is 9. The molecule has 38 heavy (non-hydrogen) atoms. The Labute approximate surface area is 210 Å². The Hall–Kier alpha value is -3.65. The number of hydrazine groups is 1. The second-order valence-electron chi connectivity index (χ2n) is 7.76. The number of benzene rings is 3. The molecule has 0 aliphatic rings. The first-order valence-corrected chi connectivity index (χ1v) is 10.7. The van der Waals surface area contributed by atoms with Crippen LogP contribution in [0.2, 0.25) is 0 Å². The minimum absolute atomic E-state index is 0.0219. The summed E-state index contributed by atoms with van der Waals surface area (Å²) in [4.78, 5) is 0. The van der Waals surface area contributed by atoms with E-state index in [9.17, 15) is 44.6 Å². The van der Waals surface area contributed by atoms with E-state index in [4.69, 9.17) is 4.74 Å². The van der Waals surface area contributed by atoms with Gasteiger partial charge < -0.3 is 19.6 Å². The Morgan fingerprint density at radius 1 is 0.842 bits per heavy atom. The second-order valence-corrected chi connectivity index (χ2v) is 7.76. The molecule has 0 aliphatic carbocycles. The second kappa shape index (κ2) is 11.8. The number of ether oxygens (including phenoxy) is 2. The smallest absolute Gasteiger partial charge is 0.416 e. The molecule has 0 unspecified atom stereocenters. The van der Waals surface area contributed by atoms with Gasteiger partial charge >= 0.3 is 19.0 Å². The lowest BCUT2D eigenvalue weighted by molar-refractivity contribution is -0.201. The van der Waals surface area contributed by atoms with Crippen LogP contribution >= 0.6 is 0 Å². The summed E-state index contributed by atoms with van der Waals surface area (Å²) in [6, 6.07) is 12.1. The Morgan fingerprint density at radius 3 is 2.11 bits per heavy atom. The molecule has 3 aromatic carbocycles. The summed E-state index contributed by atoms with van der Waals surface area (Å²) >= 11 is 0. The molecule has 5 nitrogen and oxygen atoms in total. The maximum Gasteiger partial charge on any atom is 0.416 e. The van der Waals surface area contributed by atoms with Gasteiger partial charge in [0.15, 0.2) is 6.10 Å². The van der Waals surface area contributed by atoms with Crippen molar-refractivity contribution < 1.29 is 54.1 Å². The molecule has 1 atom stereocenters. The molecule has 0 saturated carbocycles. The third-order valence-corrected chi connectivity index (χ3v) is 4.95. The molecule has 0 bridgehead atoms. The van der Waals surface area contributed by atoms with Crippen LogP contribution < -0.4 is 19.9 Å². The highest BCUT2D eigenvalue weighted by Gasteiger charge is 2.38. The normalized spacial score (nSPS) is 12.9. The van der Waals surface area contributed by atoms with Gasteiger partial charge in [-0.2, -0.15) is 35.1 Å². The van der Waals surface area contributed by atoms with Gasteiger partial charge in [-0.15, -0.1) is 0 Å². The fourth-order valence-corrected chi connectivity index (χ4v) is 3.16. The average Bonchev–Trinajstić information content (AvgIpc) is 2.81. The van der Waals surface area contributed by atoms with Crippen LogP contribution in [0.4, 0.5) is 45.2 Å². The van der Waals surface area contributed by atoms with E-state index in [1.807, 2.05) is 0 Å². The van der Waals surface area contributed by atoms with E-state index in [0.717, 1.165) is 11.1 Å². The molecular formula is C24H19F9N2O3. The lowest BCUT2D eigenvalue weighted by atomic mass is 10.1. The summed E-state index contributed by atoms with van der Waals surface area (Å²) in [6.07, 6.45) is -12.6. The molecule has 2 N–H and O–H groups in total. The Kier molecular flexibility index (Phi) is 8.99. The van der Waals surface area contributed by atoms with Crippen molar-refractivity contribution in [2.75, 3.05) is 11.6 Å². The molecular weight excluding hydrogens is 535 g/mol. The third-order valence-electron chi connectivity index (χ3n) is 4.95. The van der Waals surface area contributed by atoms with Crippen LogP contribution in [0.5, 0.6) is 17.2 Å². The van der Waals surface area contributed by atoms with Gasteiger partial charge in [-0.05, 0) is 42.5 Å². The Morgan fingerprint density at radius 2 is 1.47 bits per heavy atom. The number of anilines is 1. The Bertz CT molecular complexity index is 1220. The standard InChI is InChI=1S/C24H19F9N2O3/c25-20-8-7-15(23(28,29)30)9-14(20)13-35(34-12-21(36)24(31,32)33)16-3-1-4-17(10-16)37-18-5-2-6-19(11-18)38-22(26)27/h1-11,21-22,34,36H,12-13H2/t21-/m1/s1. The van der Waals surface area contributed by atoms with E-state index in [-0.39, 0.29) is 22.9 Å². The van der Waals surface area contributed by atoms with Crippen LogP contribution in [-0.4, -0.2) is 30.5 Å². The largest absolute Gasteiger partial charge is 0.457 e. The van der Waals surface area contributed by atoms with Gasteiger partial charge in [-0.1, -0.05) is 12.1 Å². The van der Waals surface area contributed by atoms with Gasteiger partial charge in [0.05, 0.1) is 24.3 Å². The first kappa shape index (κ1) is 28.9. The number of hydrogen-bond acceptors (Lipinski definition) is 5. The van der Waals surface area contributed by atoms with Crippen LogP contribution in [0, 0.1) is 5.82 Å². The van der Waals surface area contributed by atoms with E-state index in [1.165, 1.54) is 42.5 Å². The predicted octanol–water partition coefficient (Wildman–Crippen LogP) is 6.67. The number of nitrogens with one attached hydrogen (secondary N) is 1. The highest BCUT2D eigenvalue weighted by atomic mass is 19.4. The fourth-order valence-electron chi connectivity index (χ4n) is 3.16. The number of alkyl halides is 8. The molecule has 0 spiro atoms. The number of rotatable bonds is 10. The van der Waals surface area contributed by atoms with Gasteiger partial charge in [0.1, 0.15) is 23.1 Å². The van der Waals surface area contributed by atoms with E-state index in [0.29, 0.717) is 18.2 Å². The first-order valence-electron chi connectivity index (χ1n) is 10.7. The zero-order valence-electron chi connectivity index (χ0n) is 19.0. The van der Waals surface area contributed by atoms with Crippen LogP contribution in [-0.2, 0) is 12.7 Å². The van der Waals surface area contributed by atoms with Crippen molar-refractivity contribution in [1.29, 1.82) is 0 Å². The minimum Gasteiger partial charge on any atom is -0.457 e. The highest BCUT2D eigenvalue weighted by Crippen LogP contribution is 2.32. The zero-order valence-corrected chi connectivity index (χ0v) is 19.0. The van der Waals surface area contributed by atoms with E-state index in [1.54, 1.807) is 0 Å². The molecule has 0 saturated heterocycles. The summed E-state index contributed by atoms with van der Waals surface area (Å²) in [6.45, 7) is -4.87. The topological polar surface area (TPSA) is 54.0 Å². The molecule has 0 radical (unpaired) electrons. The van der Waals surface area contributed by atoms with Gasteiger partial charge in [-0.3, -0.25) is 0 Å². The molecule has 3 rings (SSSR count). The number of hydrogen-bond donors (Lipinski definition) is 2. The van der Waals surface area contributed by atoms with E-state index >= 15 is 0 Å². The summed E-state index contributed by atoms with van der Waals surface area (Å²) in [7, 11) is 0. The van der Waals surface area contributed by atoms with Crippen molar-refractivity contribution >= 4 is 5.69 Å². The zero-order chi connectivity index (χ0) is 28.1. The van der Waals surface area contributed by atoms with Gasteiger partial charge in [0, 0.05) is 17.7 Å². The lowest BCUT2D eigenvalue weighted by Gasteiger charge is -2.28. The van der Waals surface area contributed by atoms with Crippen LogP contribution in [0.15, 0.2) is 66.7 Å². The number of nitrogens with zero attached hydrogens (tertiary/aromatic N) is 1. The van der Waals surface area contributed by atoms with Crippen molar-refractivity contribution in [3.63, 3.8) is 0 Å². The first-order chi connectivity index (χ1) is 17.7. The maximum atomic E-state index is 14.4. The lowest BCUT2D eigenvalue weighted by Crippen LogP contribution is -2.46.